The zero-order valence-electron chi connectivity index (χ0n) is 20.2. The van der Waals surface area contributed by atoms with Crippen LogP contribution in [0.2, 0.25) is 0 Å². The Balaban J connectivity index is 1.83. The SMILES string of the molecule is COc1cc(-c2ccccc2)cc([C@H](CC(=O)O)N(Cc2ccccc2)[C@H](C)c2ccccc2)c1. The molecule has 0 spiro atoms. The zero-order chi connectivity index (χ0) is 24.6. The fourth-order valence-electron chi connectivity index (χ4n) is 4.56. The lowest BCUT2D eigenvalue weighted by molar-refractivity contribution is -0.138. The molecule has 0 bridgehead atoms. The number of carboxylic acid groups (broad SMARTS) is 1. The van der Waals surface area contributed by atoms with Gasteiger partial charge >= 0.3 is 5.97 Å². The van der Waals surface area contributed by atoms with E-state index in [9.17, 15) is 9.90 Å². The van der Waals surface area contributed by atoms with Gasteiger partial charge in [0.1, 0.15) is 5.75 Å². The molecule has 0 aliphatic heterocycles. The summed E-state index contributed by atoms with van der Waals surface area (Å²) in [6, 6.07) is 36.3. The molecule has 0 unspecified atom stereocenters. The smallest absolute Gasteiger partial charge is 0.305 e. The molecule has 4 rings (SSSR count). The monoisotopic (exact) mass is 465 g/mol. The highest BCUT2D eigenvalue weighted by atomic mass is 16.5. The van der Waals surface area contributed by atoms with E-state index >= 15 is 0 Å². The van der Waals surface area contributed by atoms with E-state index in [1.807, 2.05) is 66.7 Å². The summed E-state index contributed by atoms with van der Waals surface area (Å²) in [5.41, 5.74) is 5.26. The van der Waals surface area contributed by atoms with Gasteiger partial charge in [-0.2, -0.15) is 0 Å². The van der Waals surface area contributed by atoms with Crippen molar-refractivity contribution in [1.82, 2.24) is 4.90 Å². The summed E-state index contributed by atoms with van der Waals surface area (Å²) >= 11 is 0. The number of carboxylic acids is 1. The first-order chi connectivity index (χ1) is 17.0. The van der Waals surface area contributed by atoms with Gasteiger partial charge < -0.3 is 9.84 Å². The van der Waals surface area contributed by atoms with Crippen molar-refractivity contribution in [3.05, 3.63) is 126 Å². The molecule has 2 atom stereocenters. The second-order valence-corrected chi connectivity index (χ2v) is 8.72. The van der Waals surface area contributed by atoms with Gasteiger partial charge in [-0.25, -0.2) is 0 Å². The molecule has 0 aliphatic rings. The Labute approximate surface area is 207 Å². The number of rotatable bonds is 10. The average molecular weight is 466 g/mol. The second-order valence-electron chi connectivity index (χ2n) is 8.72. The van der Waals surface area contributed by atoms with Crippen LogP contribution in [0.1, 0.15) is 42.1 Å². The molecule has 1 N–H and O–H groups in total. The van der Waals surface area contributed by atoms with Crippen molar-refractivity contribution in [1.29, 1.82) is 0 Å². The molecule has 0 heterocycles. The first-order valence-electron chi connectivity index (χ1n) is 11.9. The molecule has 4 aromatic carbocycles. The maximum atomic E-state index is 12.2. The molecular formula is C31H31NO3. The number of benzene rings is 4. The minimum absolute atomic E-state index is 0.00728. The number of carbonyl (C=O) groups is 1. The van der Waals surface area contributed by atoms with Gasteiger partial charge in [0.25, 0.3) is 0 Å². The second kappa shape index (κ2) is 11.5. The van der Waals surface area contributed by atoms with Gasteiger partial charge in [-0.05, 0) is 52.9 Å². The number of nitrogens with zero attached hydrogens (tertiary/aromatic N) is 1. The number of aliphatic carboxylic acids is 1. The van der Waals surface area contributed by atoms with Gasteiger partial charge in [0.15, 0.2) is 0 Å². The van der Waals surface area contributed by atoms with Crippen molar-refractivity contribution in [2.45, 2.75) is 32.0 Å². The molecule has 0 radical (unpaired) electrons. The lowest BCUT2D eigenvalue weighted by Crippen LogP contribution is -2.32. The summed E-state index contributed by atoms with van der Waals surface area (Å²) < 4.78 is 5.65. The van der Waals surface area contributed by atoms with Crippen molar-refractivity contribution in [3.63, 3.8) is 0 Å². The third-order valence-electron chi connectivity index (χ3n) is 6.41. The summed E-state index contributed by atoms with van der Waals surface area (Å²) in [5, 5.41) is 9.97. The molecule has 4 nitrogen and oxygen atoms in total. The molecule has 0 aromatic heterocycles. The summed E-state index contributed by atoms with van der Waals surface area (Å²) in [6.45, 7) is 2.76. The van der Waals surface area contributed by atoms with Gasteiger partial charge in [0.05, 0.1) is 13.5 Å². The summed E-state index contributed by atoms with van der Waals surface area (Å²) in [4.78, 5) is 14.4. The lowest BCUT2D eigenvalue weighted by atomic mass is 9.93. The van der Waals surface area contributed by atoms with Crippen LogP contribution >= 0.6 is 0 Å². The van der Waals surface area contributed by atoms with Gasteiger partial charge in [-0.3, -0.25) is 9.69 Å². The van der Waals surface area contributed by atoms with E-state index in [0.717, 1.165) is 27.8 Å². The highest BCUT2D eigenvalue weighted by Gasteiger charge is 2.29. The van der Waals surface area contributed by atoms with Crippen LogP contribution < -0.4 is 4.74 Å². The fourth-order valence-corrected chi connectivity index (χ4v) is 4.56. The number of hydrogen-bond donors (Lipinski definition) is 1. The molecule has 0 fully saturated rings. The van der Waals surface area contributed by atoms with E-state index in [1.165, 1.54) is 0 Å². The number of methoxy groups -OCH3 is 1. The highest BCUT2D eigenvalue weighted by molar-refractivity contribution is 5.70. The van der Waals surface area contributed by atoms with E-state index in [2.05, 4.69) is 54.3 Å². The van der Waals surface area contributed by atoms with Gasteiger partial charge in [0, 0.05) is 18.6 Å². The first-order valence-corrected chi connectivity index (χ1v) is 11.9. The fraction of sp³-hybridized carbons (Fsp3) is 0.194. The van der Waals surface area contributed by atoms with Crippen LogP contribution in [-0.4, -0.2) is 23.1 Å². The standard InChI is InChI=1S/C31H31NO3/c1-23(25-14-8-4-9-15-25)32(22-24-12-6-3-7-13-24)30(21-31(33)34)28-18-27(19-29(20-28)35-2)26-16-10-5-11-17-26/h3-20,23,30H,21-22H2,1-2H3,(H,33,34)/t23-,30+/m1/s1. The summed E-state index contributed by atoms with van der Waals surface area (Å²) in [5.74, 6) is -0.124. The first kappa shape index (κ1) is 24.2. The number of hydrogen-bond acceptors (Lipinski definition) is 3. The molecular weight excluding hydrogens is 434 g/mol. The molecule has 0 aliphatic carbocycles. The predicted molar refractivity (Wildman–Crippen MR) is 140 cm³/mol. The molecule has 0 amide bonds. The normalized spacial score (nSPS) is 12.8. The molecule has 178 valence electrons. The van der Waals surface area contributed by atoms with Gasteiger partial charge in [0.2, 0.25) is 0 Å². The third kappa shape index (κ3) is 6.17. The van der Waals surface area contributed by atoms with Crippen LogP contribution in [0.3, 0.4) is 0 Å². The zero-order valence-corrected chi connectivity index (χ0v) is 20.2. The molecule has 4 aromatic rings. The van der Waals surface area contributed by atoms with E-state index < -0.39 is 5.97 Å². The molecule has 4 heteroatoms. The highest BCUT2D eigenvalue weighted by Crippen LogP contribution is 2.38. The Morgan fingerprint density at radius 3 is 2.00 bits per heavy atom. The van der Waals surface area contributed by atoms with E-state index in [4.69, 9.17) is 4.74 Å². The van der Waals surface area contributed by atoms with Crippen LogP contribution in [0.25, 0.3) is 11.1 Å². The molecule has 35 heavy (non-hydrogen) atoms. The number of ether oxygens (including phenoxy) is 1. The topological polar surface area (TPSA) is 49.8 Å². The van der Waals surface area contributed by atoms with Crippen molar-refractivity contribution in [3.8, 4) is 16.9 Å². The molecule has 0 saturated heterocycles. The lowest BCUT2D eigenvalue weighted by Gasteiger charge is -2.37. The maximum absolute atomic E-state index is 12.2. The Kier molecular flexibility index (Phi) is 7.96. The Morgan fingerprint density at radius 2 is 1.40 bits per heavy atom. The van der Waals surface area contributed by atoms with Crippen molar-refractivity contribution in [2.75, 3.05) is 7.11 Å². The van der Waals surface area contributed by atoms with Gasteiger partial charge in [-0.1, -0.05) is 91.0 Å². The Morgan fingerprint density at radius 1 is 0.800 bits per heavy atom. The quantitative estimate of drug-likeness (QED) is 0.270. The minimum atomic E-state index is -0.836. The van der Waals surface area contributed by atoms with Crippen molar-refractivity contribution >= 4 is 5.97 Å². The Bertz CT molecular complexity index is 1230. The minimum Gasteiger partial charge on any atom is -0.497 e. The summed E-state index contributed by atoms with van der Waals surface area (Å²) in [7, 11) is 1.65. The Hall–Kier alpha value is -3.89. The third-order valence-corrected chi connectivity index (χ3v) is 6.41. The predicted octanol–water partition coefficient (Wildman–Crippen LogP) is 7.14. The van der Waals surface area contributed by atoms with Crippen LogP contribution in [-0.2, 0) is 11.3 Å². The van der Waals surface area contributed by atoms with E-state index in [1.54, 1.807) is 7.11 Å². The van der Waals surface area contributed by atoms with Crippen LogP contribution in [0.15, 0.2) is 109 Å². The average Bonchev–Trinajstić information content (AvgIpc) is 2.91. The van der Waals surface area contributed by atoms with Crippen molar-refractivity contribution < 1.29 is 14.6 Å². The van der Waals surface area contributed by atoms with Crippen molar-refractivity contribution in [2.24, 2.45) is 0 Å². The van der Waals surface area contributed by atoms with Crippen LogP contribution in [0, 0.1) is 0 Å². The molecule has 0 saturated carbocycles. The summed E-state index contributed by atoms with van der Waals surface area (Å²) in [6.07, 6.45) is -0.0224. The van der Waals surface area contributed by atoms with Crippen LogP contribution in [0.4, 0.5) is 0 Å². The van der Waals surface area contributed by atoms with Crippen LogP contribution in [0.5, 0.6) is 5.75 Å². The largest absolute Gasteiger partial charge is 0.497 e. The van der Waals surface area contributed by atoms with Gasteiger partial charge in [-0.15, -0.1) is 0 Å². The maximum Gasteiger partial charge on any atom is 0.305 e. The van der Waals surface area contributed by atoms with E-state index in [-0.39, 0.29) is 18.5 Å². The van der Waals surface area contributed by atoms with E-state index in [0.29, 0.717) is 12.3 Å².